The SMILES string of the molecule is COCCCNC(=O)CN(C)c1nn2c(NC(C)(C)C)c(-c3ccc(F)cc3)nc2s1. The van der Waals surface area contributed by atoms with E-state index in [-0.39, 0.29) is 23.8 Å². The fourth-order valence-corrected chi connectivity index (χ4v) is 3.81. The van der Waals surface area contributed by atoms with Gasteiger partial charge in [-0.15, -0.1) is 5.10 Å². The van der Waals surface area contributed by atoms with Crippen LogP contribution in [0.15, 0.2) is 24.3 Å². The minimum Gasteiger partial charge on any atom is -0.385 e. The first-order valence-corrected chi connectivity index (χ1v) is 10.9. The van der Waals surface area contributed by atoms with Crippen molar-refractivity contribution in [3.8, 4) is 11.3 Å². The highest BCUT2D eigenvalue weighted by molar-refractivity contribution is 7.20. The molecule has 10 heteroatoms. The Morgan fingerprint density at radius 1 is 1.29 bits per heavy atom. The Morgan fingerprint density at radius 3 is 2.65 bits per heavy atom. The van der Waals surface area contributed by atoms with Crippen LogP contribution in [0.4, 0.5) is 15.3 Å². The van der Waals surface area contributed by atoms with E-state index in [9.17, 15) is 9.18 Å². The number of benzene rings is 1. The van der Waals surface area contributed by atoms with Crippen LogP contribution >= 0.6 is 11.3 Å². The molecule has 2 N–H and O–H groups in total. The number of methoxy groups -OCH3 is 1. The number of hydrogen-bond donors (Lipinski definition) is 2. The van der Waals surface area contributed by atoms with E-state index in [0.717, 1.165) is 17.8 Å². The van der Waals surface area contributed by atoms with Gasteiger partial charge in [-0.1, -0.05) is 11.3 Å². The van der Waals surface area contributed by atoms with E-state index in [1.165, 1.54) is 23.5 Å². The summed E-state index contributed by atoms with van der Waals surface area (Å²) >= 11 is 1.39. The molecule has 0 aliphatic carbocycles. The Bertz CT molecular complexity index is 1030. The summed E-state index contributed by atoms with van der Waals surface area (Å²) in [7, 11) is 3.46. The van der Waals surface area contributed by atoms with Gasteiger partial charge in [0.25, 0.3) is 0 Å². The largest absolute Gasteiger partial charge is 0.385 e. The lowest BCUT2D eigenvalue weighted by Crippen LogP contribution is -2.35. The van der Waals surface area contributed by atoms with Crippen molar-refractivity contribution in [3.63, 3.8) is 0 Å². The van der Waals surface area contributed by atoms with Crippen LogP contribution in [0.25, 0.3) is 16.2 Å². The van der Waals surface area contributed by atoms with Crippen molar-refractivity contribution >= 4 is 33.2 Å². The van der Waals surface area contributed by atoms with Gasteiger partial charge in [-0.25, -0.2) is 9.37 Å². The average Bonchev–Trinajstić information content (AvgIpc) is 3.24. The maximum Gasteiger partial charge on any atom is 0.239 e. The summed E-state index contributed by atoms with van der Waals surface area (Å²) in [6, 6.07) is 6.25. The topological polar surface area (TPSA) is 83.8 Å². The van der Waals surface area contributed by atoms with Gasteiger partial charge in [0.05, 0.1) is 6.54 Å². The van der Waals surface area contributed by atoms with Gasteiger partial charge < -0.3 is 20.3 Å². The molecule has 2 heterocycles. The molecule has 0 spiro atoms. The monoisotopic (exact) mass is 448 g/mol. The molecular formula is C21H29FN6O2S. The van der Waals surface area contributed by atoms with Crippen LogP contribution < -0.4 is 15.5 Å². The van der Waals surface area contributed by atoms with E-state index >= 15 is 0 Å². The standard InChI is InChI=1S/C21H29FN6O2S/c1-21(2,3)25-18-17(14-7-9-15(22)10-8-14)24-19-28(18)26-20(31-19)27(4)13-16(29)23-11-6-12-30-5/h7-10,25H,6,11-13H2,1-5H3,(H,23,29). The summed E-state index contributed by atoms with van der Waals surface area (Å²) in [6.45, 7) is 7.52. The molecule has 31 heavy (non-hydrogen) atoms. The van der Waals surface area contributed by atoms with E-state index < -0.39 is 0 Å². The smallest absolute Gasteiger partial charge is 0.239 e. The molecule has 0 aliphatic rings. The van der Waals surface area contributed by atoms with Crippen molar-refractivity contribution in [2.24, 2.45) is 0 Å². The lowest BCUT2D eigenvalue weighted by molar-refractivity contribution is -0.119. The molecule has 0 unspecified atom stereocenters. The molecule has 1 aromatic carbocycles. The van der Waals surface area contributed by atoms with E-state index in [1.807, 2.05) is 27.8 Å². The number of hydrogen-bond acceptors (Lipinski definition) is 7. The number of ether oxygens (including phenoxy) is 1. The third kappa shape index (κ3) is 5.92. The number of nitrogens with zero attached hydrogens (tertiary/aromatic N) is 4. The Hall–Kier alpha value is -2.72. The number of nitrogens with one attached hydrogen (secondary N) is 2. The van der Waals surface area contributed by atoms with Gasteiger partial charge in [0.1, 0.15) is 11.5 Å². The number of aromatic nitrogens is 3. The number of rotatable bonds is 9. The zero-order valence-electron chi connectivity index (χ0n) is 18.5. The first-order valence-electron chi connectivity index (χ1n) is 10.1. The van der Waals surface area contributed by atoms with E-state index in [0.29, 0.717) is 28.9 Å². The zero-order valence-corrected chi connectivity index (χ0v) is 19.3. The molecule has 0 fully saturated rings. The van der Waals surface area contributed by atoms with Crippen LogP contribution in [0, 0.1) is 5.82 Å². The first kappa shape index (κ1) is 23.0. The Labute approximate surface area is 185 Å². The normalized spacial score (nSPS) is 11.7. The summed E-state index contributed by atoms with van der Waals surface area (Å²) < 4.78 is 20.1. The molecule has 3 aromatic rings. The third-order valence-corrected chi connectivity index (χ3v) is 5.38. The van der Waals surface area contributed by atoms with Crippen LogP contribution in [0.3, 0.4) is 0 Å². The number of carbonyl (C=O) groups is 1. The van der Waals surface area contributed by atoms with E-state index in [4.69, 9.17) is 9.72 Å². The van der Waals surface area contributed by atoms with Crippen LogP contribution in [0.2, 0.25) is 0 Å². The number of anilines is 2. The molecule has 0 saturated heterocycles. The van der Waals surface area contributed by atoms with E-state index in [2.05, 4.69) is 15.7 Å². The molecule has 1 amide bonds. The third-order valence-electron chi connectivity index (χ3n) is 4.36. The number of fused-ring (bicyclic) bond motifs is 1. The lowest BCUT2D eigenvalue weighted by Gasteiger charge is -2.22. The molecule has 0 atom stereocenters. The molecule has 0 bridgehead atoms. The van der Waals surface area contributed by atoms with Crippen LogP contribution in [0.1, 0.15) is 27.2 Å². The Morgan fingerprint density at radius 2 is 2.00 bits per heavy atom. The summed E-state index contributed by atoms with van der Waals surface area (Å²) in [5.41, 5.74) is 1.28. The quantitative estimate of drug-likeness (QED) is 0.488. The molecule has 168 valence electrons. The zero-order chi connectivity index (χ0) is 22.6. The predicted octanol–water partition coefficient (Wildman–Crippen LogP) is 3.40. The fourth-order valence-electron chi connectivity index (χ4n) is 2.95. The second-order valence-corrected chi connectivity index (χ2v) is 9.26. The van der Waals surface area contributed by atoms with Gasteiger partial charge in [0.15, 0.2) is 5.82 Å². The minimum absolute atomic E-state index is 0.0773. The first-order chi connectivity index (χ1) is 14.7. The summed E-state index contributed by atoms with van der Waals surface area (Å²) in [4.78, 5) is 19.4. The maximum atomic E-state index is 13.4. The number of imidazole rings is 1. The van der Waals surface area contributed by atoms with Crippen LogP contribution in [-0.2, 0) is 9.53 Å². The van der Waals surface area contributed by atoms with Crippen molar-refractivity contribution in [2.75, 3.05) is 44.1 Å². The maximum absolute atomic E-state index is 13.4. The average molecular weight is 449 g/mol. The molecular weight excluding hydrogens is 419 g/mol. The molecule has 2 aromatic heterocycles. The number of likely N-dealkylation sites (N-methyl/N-ethyl adjacent to an activating group) is 1. The second kappa shape index (κ2) is 9.61. The summed E-state index contributed by atoms with van der Waals surface area (Å²) in [6.07, 6.45) is 0.769. The van der Waals surface area contributed by atoms with Crippen molar-refractivity contribution in [1.29, 1.82) is 0 Å². The van der Waals surface area contributed by atoms with Gasteiger partial charge in [-0.3, -0.25) is 4.79 Å². The second-order valence-electron chi connectivity index (χ2n) is 8.32. The minimum atomic E-state index is -0.294. The molecule has 3 rings (SSSR count). The number of amides is 1. The highest BCUT2D eigenvalue weighted by atomic mass is 32.1. The molecule has 8 nitrogen and oxygen atoms in total. The van der Waals surface area contributed by atoms with Crippen molar-refractivity contribution in [3.05, 3.63) is 30.1 Å². The van der Waals surface area contributed by atoms with Crippen LogP contribution in [0.5, 0.6) is 0 Å². The lowest BCUT2D eigenvalue weighted by atomic mass is 10.1. The van der Waals surface area contributed by atoms with Gasteiger partial charge in [-0.2, -0.15) is 4.52 Å². The Balaban J connectivity index is 1.84. The van der Waals surface area contributed by atoms with Gasteiger partial charge in [-0.05, 0) is 51.5 Å². The highest BCUT2D eigenvalue weighted by Gasteiger charge is 2.23. The van der Waals surface area contributed by atoms with Crippen molar-refractivity contribution in [2.45, 2.75) is 32.7 Å². The highest BCUT2D eigenvalue weighted by Crippen LogP contribution is 2.34. The number of carbonyl (C=O) groups excluding carboxylic acids is 1. The van der Waals surface area contributed by atoms with Gasteiger partial charge in [0, 0.05) is 38.4 Å². The fraction of sp³-hybridized carbons (Fsp3) is 0.476. The summed E-state index contributed by atoms with van der Waals surface area (Å²) in [5, 5.41) is 11.7. The summed E-state index contributed by atoms with van der Waals surface area (Å²) in [5.74, 6) is 0.359. The van der Waals surface area contributed by atoms with Gasteiger partial charge in [0.2, 0.25) is 16.0 Å². The molecule has 0 radical (unpaired) electrons. The van der Waals surface area contributed by atoms with Crippen LogP contribution in [-0.4, -0.2) is 59.9 Å². The number of halogens is 1. The van der Waals surface area contributed by atoms with Gasteiger partial charge >= 0.3 is 0 Å². The molecule has 0 saturated carbocycles. The van der Waals surface area contributed by atoms with Crippen molar-refractivity contribution < 1.29 is 13.9 Å². The van der Waals surface area contributed by atoms with Crippen molar-refractivity contribution in [1.82, 2.24) is 19.9 Å². The molecule has 0 aliphatic heterocycles. The predicted molar refractivity (Wildman–Crippen MR) is 122 cm³/mol. The Kier molecular flexibility index (Phi) is 7.11. The van der Waals surface area contributed by atoms with E-state index in [1.54, 1.807) is 28.7 Å².